The maximum atomic E-state index is 12.6. The van der Waals surface area contributed by atoms with Gasteiger partial charge in [-0.25, -0.2) is 0 Å². The molecule has 0 bridgehead atoms. The summed E-state index contributed by atoms with van der Waals surface area (Å²) in [6.07, 6.45) is 2.17. The number of carbonyl (C=O) groups is 1. The molecule has 0 fully saturated rings. The van der Waals surface area contributed by atoms with Crippen molar-refractivity contribution >= 4 is 23.5 Å². The highest BCUT2D eigenvalue weighted by Crippen LogP contribution is 2.36. The molecule has 1 aliphatic heterocycles. The van der Waals surface area contributed by atoms with Crippen LogP contribution in [0.3, 0.4) is 0 Å². The largest absolute Gasteiger partial charge is 0.491 e. The van der Waals surface area contributed by atoms with E-state index in [1.807, 2.05) is 44.4 Å². The van der Waals surface area contributed by atoms with E-state index in [0.717, 1.165) is 11.3 Å². The molecule has 1 aliphatic rings. The molecule has 1 amide bonds. The Morgan fingerprint density at radius 3 is 2.56 bits per heavy atom. The number of thioether (sulfide) groups is 1. The van der Waals surface area contributed by atoms with Crippen LogP contribution in [0.1, 0.15) is 37.3 Å². The summed E-state index contributed by atoms with van der Waals surface area (Å²) in [6.45, 7) is 3.93. The average molecular weight is 359 g/mol. The Morgan fingerprint density at radius 2 is 1.96 bits per heavy atom. The van der Waals surface area contributed by atoms with E-state index in [1.165, 1.54) is 11.8 Å². The van der Waals surface area contributed by atoms with Crippen molar-refractivity contribution in [2.24, 2.45) is 7.05 Å². The number of anilines is 1. The van der Waals surface area contributed by atoms with E-state index in [0.29, 0.717) is 16.5 Å². The van der Waals surface area contributed by atoms with Crippen LogP contribution in [0.15, 0.2) is 34.2 Å². The molecule has 7 heteroatoms. The third-order valence-electron chi connectivity index (χ3n) is 4.14. The van der Waals surface area contributed by atoms with Crippen molar-refractivity contribution in [3.63, 3.8) is 0 Å². The summed E-state index contributed by atoms with van der Waals surface area (Å²) in [4.78, 5) is 28.9. The Labute approximate surface area is 150 Å². The van der Waals surface area contributed by atoms with Gasteiger partial charge in [0.15, 0.2) is 5.16 Å². The van der Waals surface area contributed by atoms with Crippen molar-refractivity contribution in [1.82, 2.24) is 9.55 Å². The lowest BCUT2D eigenvalue weighted by molar-refractivity contribution is -0.116. The van der Waals surface area contributed by atoms with Gasteiger partial charge < -0.3 is 14.6 Å². The molecule has 6 nitrogen and oxygen atoms in total. The van der Waals surface area contributed by atoms with E-state index in [-0.39, 0.29) is 29.9 Å². The van der Waals surface area contributed by atoms with E-state index in [2.05, 4.69) is 10.3 Å². The second kappa shape index (κ2) is 6.92. The Kier molecular flexibility index (Phi) is 4.85. The van der Waals surface area contributed by atoms with Gasteiger partial charge in [-0.05, 0) is 37.8 Å². The molecule has 0 saturated heterocycles. The number of nitrogens with one attached hydrogen (secondary N) is 1. The molecular weight excluding hydrogens is 338 g/mol. The highest BCUT2D eigenvalue weighted by molar-refractivity contribution is 7.98. The Balaban J connectivity index is 2.06. The maximum absolute atomic E-state index is 12.6. The first-order valence-corrected chi connectivity index (χ1v) is 9.34. The lowest BCUT2D eigenvalue weighted by atomic mass is 9.87. The second-order valence-corrected chi connectivity index (χ2v) is 7.04. The van der Waals surface area contributed by atoms with E-state index in [1.54, 1.807) is 11.6 Å². The van der Waals surface area contributed by atoms with Crippen molar-refractivity contribution in [1.29, 1.82) is 0 Å². The highest BCUT2D eigenvalue weighted by Gasteiger charge is 2.31. The van der Waals surface area contributed by atoms with Crippen LogP contribution in [0.2, 0.25) is 0 Å². The van der Waals surface area contributed by atoms with Crippen LogP contribution < -0.4 is 15.6 Å². The molecule has 0 aliphatic carbocycles. The molecule has 3 rings (SSSR count). The van der Waals surface area contributed by atoms with Crippen LogP contribution in [0.4, 0.5) is 5.82 Å². The second-order valence-electron chi connectivity index (χ2n) is 6.27. The number of amides is 1. The average Bonchev–Trinajstić information content (AvgIpc) is 2.57. The number of rotatable bonds is 4. The number of ether oxygens (including phenoxy) is 1. The third kappa shape index (κ3) is 3.42. The predicted octanol–water partition coefficient (Wildman–Crippen LogP) is 2.76. The predicted molar refractivity (Wildman–Crippen MR) is 98.6 cm³/mol. The smallest absolute Gasteiger partial charge is 0.279 e. The summed E-state index contributed by atoms with van der Waals surface area (Å²) < 4.78 is 7.43. The molecular formula is C18H21N3O3S. The Hall–Kier alpha value is -2.28. The molecule has 0 saturated carbocycles. The fourth-order valence-electron chi connectivity index (χ4n) is 3.05. The van der Waals surface area contributed by atoms with E-state index < -0.39 is 0 Å². The van der Waals surface area contributed by atoms with E-state index >= 15 is 0 Å². The van der Waals surface area contributed by atoms with Gasteiger partial charge in [-0.1, -0.05) is 23.9 Å². The van der Waals surface area contributed by atoms with Gasteiger partial charge in [0.05, 0.1) is 11.7 Å². The van der Waals surface area contributed by atoms with Crippen LogP contribution in [-0.4, -0.2) is 27.8 Å². The summed E-state index contributed by atoms with van der Waals surface area (Å²) in [5.74, 6) is 0.892. The fraction of sp³-hybridized carbons (Fsp3) is 0.389. The third-order valence-corrected chi connectivity index (χ3v) is 4.87. The molecule has 132 valence electrons. The molecule has 1 N–H and O–H groups in total. The molecule has 1 aromatic heterocycles. The quantitative estimate of drug-likeness (QED) is 0.671. The van der Waals surface area contributed by atoms with Crippen LogP contribution in [0, 0.1) is 0 Å². The van der Waals surface area contributed by atoms with Gasteiger partial charge in [-0.2, -0.15) is 4.98 Å². The number of aromatic nitrogens is 2. The minimum Gasteiger partial charge on any atom is -0.491 e. The van der Waals surface area contributed by atoms with E-state index in [9.17, 15) is 9.59 Å². The minimum atomic E-state index is -0.307. The molecule has 1 aromatic carbocycles. The zero-order valence-electron chi connectivity index (χ0n) is 14.7. The van der Waals surface area contributed by atoms with Crippen LogP contribution in [0.5, 0.6) is 5.75 Å². The van der Waals surface area contributed by atoms with Crippen molar-refractivity contribution in [3.05, 3.63) is 45.7 Å². The van der Waals surface area contributed by atoms with Gasteiger partial charge in [0.1, 0.15) is 11.6 Å². The SMILES string of the molecule is CSc1nc(=O)c2c(n1C)NC(=O)C[C@@H]2c1ccc(OC(C)C)cc1. The summed E-state index contributed by atoms with van der Waals surface area (Å²) in [5.41, 5.74) is 1.16. The van der Waals surface area contributed by atoms with Crippen LogP contribution >= 0.6 is 11.8 Å². The van der Waals surface area contributed by atoms with Crippen molar-refractivity contribution < 1.29 is 9.53 Å². The van der Waals surface area contributed by atoms with Crippen molar-refractivity contribution in [2.75, 3.05) is 11.6 Å². The Bertz CT molecular complexity index is 859. The lowest BCUT2D eigenvalue weighted by Gasteiger charge is -2.27. The monoisotopic (exact) mass is 359 g/mol. The number of hydrogen-bond donors (Lipinski definition) is 1. The first-order chi connectivity index (χ1) is 11.9. The number of benzene rings is 1. The Morgan fingerprint density at radius 1 is 1.28 bits per heavy atom. The fourth-order valence-corrected chi connectivity index (χ4v) is 3.59. The van der Waals surface area contributed by atoms with Crippen LogP contribution in [0.25, 0.3) is 0 Å². The number of hydrogen-bond acceptors (Lipinski definition) is 5. The molecule has 2 aromatic rings. The maximum Gasteiger partial charge on any atom is 0.279 e. The van der Waals surface area contributed by atoms with Gasteiger partial charge in [-0.3, -0.25) is 9.59 Å². The summed E-state index contributed by atoms with van der Waals surface area (Å²) in [6, 6.07) is 7.56. The molecule has 25 heavy (non-hydrogen) atoms. The van der Waals surface area contributed by atoms with Gasteiger partial charge in [-0.15, -0.1) is 0 Å². The number of fused-ring (bicyclic) bond motifs is 1. The summed E-state index contributed by atoms with van der Waals surface area (Å²) in [5, 5.41) is 3.40. The minimum absolute atomic E-state index is 0.0912. The van der Waals surface area contributed by atoms with Crippen LogP contribution in [-0.2, 0) is 11.8 Å². The molecule has 2 heterocycles. The van der Waals surface area contributed by atoms with Gasteiger partial charge in [0.25, 0.3) is 5.56 Å². The normalized spacial score (nSPS) is 16.5. The van der Waals surface area contributed by atoms with Crippen molar-refractivity contribution in [3.8, 4) is 5.75 Å². The van der Waals surface area contributed by atoms with Gasteiger partial charge in [0, 0.05) is 19.4 Å². The lowest BCUT2D eigenvalue weighted by Crippen LogP contribution is -2.33. The number of carbonyl (C=O) groups excluding carboxylic acids is 1. The van der Waals surface area contributed by atoms with Gasteiger partial charge >= 0.3 is 0 Å². The van der Waals surface area contributed by atoms with Crippen molar-refractivity contribution in [2.45, 2.75) is 37.4 Å². The molecule has 0 unspecified atom stereocenters. The molecule has 0 radical (unpaired) electrons. The zero-order valence-corrected chi connectivity index (χ0v) is 15.5. The molecule has 0 spiro atoms. The molecule has 1 atom stereocenters. The zero-order chi connectivity index (χ0) is 18.1. The first-order valence-electron chi connectivity index (χ1n) is 8.12. The summed E-state index contributed by atoms with van der Waals surface area (Å²) >= 11 is 1.37. The number of nitrogens with zero attached hydrogens (tertiary/aromatic N) is 2. The van der Waals surface area contributed by atoms with Gasteiger partial charge in [0.2, 0.25) is 5.91 Å². The summed E-state index contributed by atoms with van der Waals surface area (Å²) in [7, 11) is 1.80. The van der Waals surface area contributed by atoms with E-state index in [4.69, 9.17) is 4.74 Å². The standard InChI is InChI=1S/C18H21N3O3S/c1-10(2)24-12-7-5-11(6-8-12)13-9-14(22)19-16-15(13)17(23)20-18(25-4)21(16)3/h5-8,10,13H,9H2,1-4H3,(H,19,22)/t13-/m1/s1. The first kappa shape index (κ1) is 17.5. The topological polar surface area (TPSA) is 73.2 Å². The highest BCUT2D eigenvalue weighted by atomic mass is 32.2.